The van der Waals surface area contributed by atoms with Gasteiger partial charge in [-0.1, -0.05) is 60.7 Å². The molecule has 78 heavy (non-hydrogen) atoms. The molecule has 7 aromatic heterocycles. The van der Waals surface area contributed by atoms with Gasteiger partial charge in [0.1, 0.15) is 23.7 Å². The van der Waals surface area contributed by atoms with Gasteiger partial charge in [0.15, 0.2) is 0 Å². The molecule has 11 aromatic rings. The van der Waals surface area contributed by atoms with E-state index in [2.05, 4.69) is 32.1 Å². The zero-order chi connectivity index (χ0) is 54.1. The van der Waals surface area contributed by atoms with E-state index >= 15 is 4.39 Å². The van der Waals surface area contributed by atoms with Crippen LogP contribution in [0.25, 0.3) is 76.6 Å². The Balaban J connectivity index is 0.773. The molecule has 392 valence electrons. The first-order valence-electron chi connectivity index (χ1n) is 24.6. The molecule has 5 N–H and O–H groups in total. The van der Waals surface area contributed by atoms with Crippen molar-refractivity contribution in [1.29, 1.82) is 0 Å². The lowest BCUT2D eigenvalue weighted by Gasteiger charge is -2.15. The number of carbonyl (C=O) groups excluding carboxylic acids is 2. The highest BCUT2D eigenvalue weighted by molar-refractivity contribution is 7.32. The molecule has 12 rings (SSSR count). The largest absolute Gasteiger partial charge is 0.481 e. The molecule has 1 fully saturated rings. The summed E-state index contributed by atoms with van der Waals surface area (Å²) in [6.45, 7) is 5.42. The molecule has 1 aliphatic rings. The minimum absolute atomic E-state index is 0.0832. The number of fused-ring (bicyclic) bond motifs is 3. The number of ether oxygens (including phenoxy) is 2. The number of carboxylic acid groups (broad SMARTS) is 2. The number of carboxylic acids is 2. The zero-order valence-electron chi connectivity index (χ0n) is 41.9. The van der Waals surface area contributed by atoms with E-state index in [1.807, 2.05) is 98.8 Å². The lowest BCUT2D eigenvalue weighted by Crippen LogP contribution is -2.36. The molecule has 7 heterocycles. The Morgan fingerprint density at radius 2 is 1.35 bits per heavy atom. The van der Waals surface area contributed by atoms with Crippen LogP contribution < -0.4 is 15.3 Å². The number of thiophene rings is 4. The number of amides is 2. The molecular formula is C57H45FN7O8S5+. The summed E-state index contributed by atoms with van der Waals surface area (Å²) in [7, 11) is 1.75. The number of carbonyl (C=O) groups is 4. The van der Waals surface area contributed by atoms with Crippen molar-refractivity contribution in [3.63, 3.8) is 0 Å². The second kappa shape index (κ2) is 20.1. The molecule has 2 atom stereocenters. The van der Waals surface area contributed by atoms with Crippen LogP contribution in [0.3, 0.4) is 0 Å². The SMILES string of the molecule is Cc1nsc(-c2cc3sc(-c4ccc(C5(C(=O)O)CC5)c(F)c4)cc3s2)c1NC(=O)OC(C)c1ccc(-n2n[n+](C)c(NC(=O)OC(C)c3ccccc3)c2-c2cc3sc(-c4ccc5[nH]cc(CC(=O)O)c5c4)cc3s2)cc1. The third kappa shape index (κ3) is 9.50. The second-order valence-electron chi connectivity index (χ2n) is 19.1. The molecule has 2 unspecified atom stereocenters. The Kier molecular flexibility index (Phi) is 13.0. The zero-order valence-corrected chi connectivity index (χ0v) is 46.0. The lowest BCUT2D eigenvalue weighted by atomic mass is 9.94. The molecule has 1 saturated carbocycles. The van der Waals surface area contributed by atoms with Gasteiger partial charge in [-0.25, -0.2) is 19.3 Å². The molecule has 2 amide bonds. The number of rotatable bonds is 15. The number of anilines is 2. The van der Waals surface area contributed by atoms with Gasteiger partial charge >= 0.3 is 24.1 Å². The fraction of sp³-hybridized carbons (Fsp3) is 0.175. The van der Waals surface area contributed by atoms with Crippen molar-refractivity contribution in [2.24, 2.45) is 7.05 Å². The number of nitrogens with zero attached hydrogens (tertiary/aromatic N) is 4. The first kappa shape index (κ1) is 50.7. The molecule has 21 heteroatoms. The fourth-order valence-corrected chi connectivity index (χ4v) is 15.4. The average Bonchev–Trinajstić information content (AvgIpc) is 4.10. The topological polar surface area (TPSA) is 202 Å². The van der Waals surface area contributed by atoms with E-state index in [0.29, 0.717) is 47.0 Å². The van der Waals surface area contributed by atoms with Gasteiger partial charge in [-0.2, -0.15) is 4.37 Å². The predicted molar refractivity (Wildman–Crippen MR) is 305 cm³/mol. The van der Waals surface area contributed by atoms with Gasteiger partial charge in [0.2, 0.25) is 5.69 Å². The smallest absolute Gasteiger partial charge is 0.474 e. The highest BCUT2D eigenvalue weighted by Crippen LogP contribution is 2.51. The molecule has 0 bridgehead atoms. The van der Waals surface area contributed by atoms with Crippen molar-refractivity contribution < 1.29 is 47.9 Å². The van der Waals surface area contributed by atoms with Crippen LogP contribution >= 0.6 is 56.9 Å². The first-order chi connectivity index (χ1) is 37.6. The van der Waals surface area contributed by atoms with Crippen LogP contribution in [-0.2, 0) is 37.9 Å². The Morgan fingerprint density at radius 1 is 0.756 bits per heavy atom. The summed E-state index contributed by atoms with van der Waals surface area (Å²) in [5.41, 5.74) is 6.38. The number of aryl methyl sites for hydroxylation is 2. The van der Waals surface area contributed by atoms with Gasteiger partial charge < -0.3 is 24.7 Å². The Hall–Kier alpha value is -8.08. The van der Waals surface area contributed by atoms with E-state index in [4.69, 9.17) is 14.7 Å². The van der Waals surface area contributed by atoms with Gasteiger partial charge in [0.25, 0.3) is 5.82 Å². The van der Waals surface area contributed by atoms with E-state index in [1.165, 1.54) is 40.3 Å². The Morgan fingerprint density at radius 3 is 1.99 bits per heavy atom. The highest BCUT2D eigenvalue weighted by Gasteiger charge is 2.53. The Labute approximate surface area is 463 Å². The number of nitrogens with one attached hydrogen (secondary N) is 3. The number of benzene rings is 4. The maximum atomic E-state index is 15.3. The van der Waals surface area contributed by atoms with Crippen molar-refractivity contribution >= 4 is 122 Å². The van der Waals surface area contributed by atoms with Gasteiger partial charge in [-0.05, 0) is 128 Å². The van der Waals surface area contributed by atoms with Gasteiger partial charge in [-0.15, -0.1) is 54.7 Å². The summed E-state index contributed by atoms with van der Waals surface area (Å²) in [6.07, 6.45) is 0.0240. The third-order valence-corrected chi connectivity index (χ3v) is 19.7. The molecule has 0 aliphatic heterocycles. The molecule has 0 saturated heterocycles. The Bertz CT molecular complexity index is 4120. The highest BCUT2D eigenvalue weighted by atomic mass is 32.1. The summed E-state index contributed by atoms with van der Waals surface area (Å²) < 4.78 is 39.0. The predicted octanol–water partition coefficient (Wildman–Crippen LogP) is 14.7. The molecule has 0 radical (unpaired) electrons. The van der Waals surface area contributed by atoms with Crippen LogP contribution in [0.1, 0.15) is 66.8 Å². The van der Waals surface area contributed by atoms with Crippen molar-refractivity contribution in [2.75, 3.05) is 10.6 Å². The second-order valence-corrected chi connectivity index (χ2v) is 24.2. The monoisotopic (exact) mass is 1130 g/mol. The van der Waals surface area contributed by atoms with Crippen molar-refractivity contribution in [2.45, 2.75) is 57.7 Å². The van der Waals surface area contributed by atoms with Gasteiger partial charge in [0.05, 0.1) is 44.9 Å². The number of halogens is 1. The summed E-state index contributed by atoms with van der Waals surface area (Å²) in [5, 5.41) is 30.8. The lowest BCUT2D eigenvalue weighted by molar-refractivity contribution is -0.718. The number of hydrogen-bond acceptors (Lipinski definition) is 13. The number of aliphatic carboxylic acids is 2. The van der Waals surface area contributed by atoms with Crippen LogP contribution in [0.4, 0.5) is 25.5 Å². The van der Waals surface area contributed by atoms with Crippen LogP contribution in [0.5, 0.6) is 0 Å². The fourth-order valence-electron chi connectivity index (χ4n) is 9.64. The molecular weight excluding hydrogens is 1090 g/mol. The van der Waals surface area contributed by atoms with Gasteiger partial charge in [0, 0.05) is 56.4 Å². The number of aromatic amines is 1. The van der Waals surface area contributed by atoms with E-state index in [1.54, 1.807) is 64.3 Å². The molecule has 15 nitrogen and oxygen atoms in total. The van der Waals surface area contributed by atoms with Crippen LogP contribution in [0.15, 0.2) is 121 Å². The summed E-state index contributed by atoms with van der Waals surface area (Å²) in [5.74, 6) is -2.00. The maximum Gasteiger partial charge on any atom is 0.474 e. The third-order valence-electron chi connectivity index (χ3n) is 13.9. The van der Waals surface area contributed by atoms with Crippen molar-refractivity contribution in [1.82, 2.24) is 19.3 Å². The minimum atomic E-state index is -1.12. The standard InChI is InChI=1S/C57H44FN7O8S5/c1-28-50(52(78-62-28)48-26-46-44(77-48)24-42(75-46)34-12-16-38(39(58)21-34)57(18-19-57)54(68)69)60-55(70)72-30(3)32-10-14-36(15-11-32)65-51(53(64(4)63-65)61-56(71)73-29(2)31-8-6-5-7-9-31)47-25-45-43(76-47)23-41(74-45)33-13-17-40-37(20-33)35(27-59-40)22-49(66)67/h5-17,20-21,23-27,29-30,63H,18-19,22H2,1-4H3,(H3,60,66,67,68,69,70)/p+1. The van der Waals surface area contributed by atoms with Crippen molar-refractivity contribution in [3.8, 4) is 46.9 Å². The molecule has 1 aliphatic carbocycles. The van der Waals surface area contributed by atoms with E-state index in [0.717, 1.165) is 76.3 Å². The number of H-pyrrole nitrogens is 1. The van der Waals surface area contributed by atoms with Crippen molar-refractivity contribution in [3.05, 3.63) is 155 Å². The maximum absolute atomic E-state index is 15.3. The van der Waals surface area contributed by atoms with E-state index < -0.39 is 47.6 Å². The molecule has 4 aromatic carbocycles. The summed E-state index contributed by atoms with van der Waals surface area (Å²) >= 11 is 7.47. The first-order valence-corrected chi connectivity index (χ1v) is 28.6. The number of hydrogen-bond donors (Lipinski definition) is 5. The average molecular weight is 1140 g/mol. The minimum Gasteiger partial charge on any atom is -0.481 e. The van der Waals surface area contributed by atoms with E-state index in [9.17, 15) is 29.4 Å². The van der Waals surface area contributed by atoms with Crippen LogP contribution in [0, 0.1) is 12.7 Å². The molecule has 0 spiro atoms. The number of aromatic nitrogens is 5. The normalized spacial score (nSPS) is 13.7. The van der Waals surface area contributed by atoms with Crippen LogP contribution in [-0.4, -0.2) is 53.6 Å². The van der Waals surface area contributed by atoms with Crippen LogP contribution in [0.2, 0.25) is 0 Å². The quantitative estimate of drug-likeness (QED) is 0.0615. The summed E-state index contributed by atoms with van der Waals surface area (Å²) in [6, 6.07) is 36.0. The van der Waals surface area contributed by atoms with E-state index in [-0.39, 0.29) is 12.0 Å². The van der Waals surface area contributed by atoms with Gasteiger partial charge in [-0.3, -0.25) is 14.9 Å². The summed E-state index contributed by atoms with van der Waals surface area (Å²) in [4.78, 5) is 58.2.